The molecule has 9 nitrogen and oxygen atoms in total. The molecule has 1 aliphatic heterocycles. The number of para-hydroxylation sites is 1. The van der Waals surface area contributed by atoms with Gasteiger partial charge in [-0.3, -0.25) is 23.5 Å². The molecule has 1 saturated heterocycles. The number of aryl methyl sites for hydroxylation is 1. The molecule has 1 fully saturated rings. The number of nitrogens with one attached hydrogen (secondary N) is 1. The molecule has 4 rings (SSSR count). The van der Waals surface area contributed by atoms with Crippen LogP contribution in [0.1, 0.15) is 32.5 Å². The lowest BCUT2D eigenvalue weighted by Gasteiger charge is -2.13. The highest BCUT2D eigenvalue weighted by Gasteiger charge is 2.38. The molecule has 140 valence electrons. The summed E-state index contributed by atoms with van der Waals surface area (Å²) in [6.45, 7) is 4.26. The SMILES string of the molecule is CCCC1NC(=O)N(Cc2nnc3n(CC)c(=O)c4ccccc4n23)C1=O. The van der Waals surface area contributed by atoms with Crippen LogP contribution in [0.3, 0.4) is 0 Å². The highest BCUT2D eigenvalue weighted by atomic mass is 16.2. The number of carbonyl (C=O) groups is 2. The van der Waals surface area contributed by atoms with Crippen LogP contribution in [-0.2, 0) is 17.9 Å². The van der Waals surface area contributed by atoms with Gasteiger partial charge in [0.05, 0.1) is 17.4 Å². The summed E-state index contributed by atoms with van der Waals surface area (Å²) in [5.74, 6) is 0.573. The predicted molar refractivity (Wildman–Crippen MR) is 98.2 cm³/mol. The van der Waals surface area contributed by atoms with E-state index in [-0.39, 0.29) is 18.0 Å². The van der Waals surface area contributed by atoms with E-state index < -0.39 is 12.1 Å². The molecule has 1 N–H and O–H groups in total. The normalized spacial score (nSPS) is 17.3. The second-order valence-electron chi connectivity index (χ2n) is 6.53. The maximum Gasteiger partial charge on any atom is 0.325 e. The van der Waals surface area contributed by atoms with E-state index in [1.807, 2.05) is 26.0 Å². The van der Waals surface area contributed by atoms with E-state index >= 15 is 0 Å². The summed E-state index contributed by atoms with van der Waals surface area (Å²) in [5.41, 5.74) is 0.511. The molecule has 9 heteroatoms. The van der Waals surface area contributed by atoms with Gasteiger partial charge in [0.25, 0.3) is 11.5 Å². The quantitative estimate of drug-likeness (QED) is 0.684. The number of imide groups is 1. The van der Waals surface area contributed by atoms with Crippen LogP contribution in [-0.4, -0.2) is 42.0 Å². The fourth-order valence-electron chi connectivity index (χ4n) is 3.55. The van der Waals surface area contributed by atoms with E-state index in [1.165, 1.54) is 4.57 Å². The highest BCUT2D eigenvalue weighted by Crippen LogP contribution is 2.18. The van der Waals surface area contributed by atoms with Gasteiger partial charge in [0, 0.05) is 6.54 Å². The molecule has 3 heterocycles. The van der Waals surface area contributed by atoms with Gasteiger partial charge >= 0.3 is 6.03 Å². The van der Waals surface area contributed by atoms with Crippen molar-refractivity contribution >= 4 is 28.6 Å². The number of rotatable bonds is 5. The molecule has 3 amide bonds. The molecule has 2 aromatic heterocycles. The van der Waals surface area contributed by atoms with E-state index in [4.69, 9.17) is 0 Å². The molecule has 1 aromatic carbocycles. The highest BCUT2D eigenvalue weighted by molar-refractivity contribution is 6.04. The average molecular weight is 368 g/mol. The summed E-state index contributed by atoms with van der Waals surface area (Å²) in [4.78, 5) is 38.7. The zero-order chi connectivity index (χ0) is 19.1. The lowest BCUT2D eigenvalue weighted by molar-refractivity contribution is -0.128. The monoisotopic (exact) mass is 368 g/mol. The first kappa shape index (κ1) is 17.2. The molecule has 3 aromatic rings. The number of aromatic nitrogens is 4. The van der Waals surface area contributed by atoms with Crippen molar-refractivity contribution in [3.05, 3.63) is 40.4 Å². The maximum absolute atomic E-state index is 12.7. The van der Waals surface area contributed by atoms with Crippen LogP contribution in [0.5, 0.6) is 0 Å². The van der Waals surface area contributed by atoms with Crippen molar-refractivity contribution in [3.63, 3.8) is 0 Å². The van der Waals surface area contributed by atoms with Crippen molar-refractivity contribution < 1.29 is 9.59 Å². The molecular formula is C18H20N6O3. The molecule has 0 aliphatic carbocycles. The number of amides is 3. The maximum atomic E-state index is 12.7. The second kappa shape index (κ2) is 6.49. The molecule has 0 spiro atoms. The van der Waals surface area contributed by atoms with E-state index in [1.54, 1.807) is 16.5 Å². The first-order valence-electron chi connectivity index (χ1n) is 9.04. The Labute approximate surface area is 154 Å². The summed E-state index contributed by atoms with van der Waals surface area (Å²) in [6.07, 6.45) is 1.39. The van der Waals surface area contributed by atoms with E-state index in [0.717, 1.165) is 11.3 Å². The summed E-state index contributed by atoms with van der Waals surface area (Å²) in [5, 5.41) is 11.6. The third-order valence-electron chi connectivity index (χ3n) is 4.88. The van der Waals surface area contributed by atoms with Gasteiger partial charge in [-0.1, -0.05) is 25.5 Å². The Hall–Kier alpha value is -3.23. The smallest absolute Gasteiger partial charge is 0.325 e. The zero-order valence-electron chi connectivity index (χ0n) is 15.2. The van der Waals surface area contributed by atoms with E-state index in [0.29, 0.717) is 35.5 Å². The van der Waals surface area contributed by atoms with Crippen LogP contribution >= 0.6 is 0 Å². The number of fused-ring (bicyclic) bond motifs is 3. The van der Waals surface area contributed by atoms with Crippen LogP contribution in [0.4, 0.5) is 4.79 Å². The Morgan fingerprint density at radius 1 is 1.11 bits per heavy atom. The summed E-state index contributed by atoms with van der Waals surface area (Å²) < 4.78 is 3.28. The van der Waals surface area contributed by atoms with Crippen LogP contribution in [0, 0.1) is 0 Å². The van der Waals surface area contributed by atoms with Crippen LogP contribution in [0.25, 0.3) is 16.7 Å². The molecule has 1 aliphatic rings. The summed E-state index contributed by atoms with van der Waals surface area (Å²) in [6, 6.07) is 6.26. The molecule has 1 atom stereocenters. The topological polar surface area (TPSA) is 102 Å². The Balaban J connectivity index is 1.84. The van der Waals surface area contributed by atoms with Gasteiger partial charge in [0.1, 0.15) is 6.04 Å². The molecule has 0 saturated carbocycles. The van der Waals surface area contributed by atoms with Gasteiger partial charge in [-0.25, -0.2) is 4.79 Å². The largest absolute Gasteiger partial charge is 0.326 e. The Morgan fingerprint density at radius 2 is 1.89 bits per heavy atom. The second-order valence-corrected chi connectivity index (χ2v) is 6.53. The van der Waals surface area contributed by atoms with Gasteiger partial charge in [-0.05, 0) is 25.5 Å². The number of carbonyl (C=O) groups excluding carboxylic acids is 2. The Morgan fingerprint density at radius 3 is 2.63 bits per heavy atom. The van der Waals surface area contributed by atoms with Crippen LogP contribution in [0.15, 0.2) is 29.1 Å². The van der Waals surface area contributed by atoms with Crippen molar-refractivity contribution in [2.24, 2.45) is 0 Å². The predicted octanol–water partition coefficient (Wildman–Crippen LogP) is 1.28. The minimum atomic E-state index is -0.493. The van der Waals surface area contributed by atoms with Crippen molar-refractivity contribution in [1.82, 2.24) is 29.4 Å². The fraction of sp³-hybridized carbons (Fsp3) is 0.389. The minimum Gasteiger partial charge on any atom is -0.326 e. The van der Waals surface area contributed by atoms with Crippen molar-refractivity contribution in [2.75, 3.05) is 0 Å². The van der Waals surface area contributed by atoms with Gasteiger partial charge in [-0.2, -0.15) is 0 Å². The molecule has 0 radical (unpaired) electrons. The summed E-state index contributed by atoms with van der Waals surface area (Å²) in [7, 11) is 0. The van der Waals surface area contributed by atoms with Crippen LogP contribution < -0.4 is 10.9 Å². The Bertz CT molecular complexity index is 1120. The van der Waals surface area contributed by atoms with Gasteiger partial charge in [0.15, 0.2) is 5.82 Å². The van der Waals surface area contributed by atoms with Crippen molar-refractivity contribution in [1.29, 1.82) is 0 Å². The average Bonchev–Trinajstić information content (AvgIpc) is 3.20. The first-order chi connectivity index (χ1) is 13.1. The number of nitrogens with zero attached hydrogens (tertiary/aromatic N) is 5. The number of urea groups is 1. The van der Waals surface area contributed by atoms with E-state index in [2.05, 4.69) is 15.5 Å². The van der Waals surface area contributed by atoms with Gasteiger partial charge < -0.3 is 5.32 Å². The zero-order valence-corrected chi connectivity index (χ0v) is 15.2. The molecule has 27 heavy (non-hydrogen) atoms. The first-order valence-corrected chi connectivity index (χ1v) is 9.04. The standard InChI is InChI=1S/C18H20N6O3/c1-3-7-12-16(26)23(18(27)19-12)10-14-20-21-17-22(4-2)15(25)11-8-5-6-9-13(11)24(14)17/h5-6,8-9,12H,3-4,7,10H2,1-2H3,(H,19,27). The number of hydrogen-bond donors (Lipinski definition) is 1. The van der Waals surface area contributed by atoms with E-state index in [9.17, 15) is 14.4 Å². The third kappa shape index (κ3) is 2.57. The fourth-order valence-corrected chi connectivity index (χ4v) is 3.55. The lowest BCUT2D eigenvalue weighted by atomic mass is 10.2. The van der Waals surface area contributed by atoms with Gasteiger partial charge in [-0.15, -0.1) is 10.2 Å². The third-order valence-corrected chi connectivity index (χ3v) is 4.88. The van der Waals surface area contributed by atoms with Gasteiger partial charge in [0.2, 0.25) is 5.78 Å². The number of benzene rings is 1. The van der Waals surface area contributed by atoms with Crippen molar-refractivity contribution in [3.8, 4) is 0 Å². The molecular weight excluding hydrogens is 348 g/mol. The Kier molecular flexibility index (Phi) is 4.14. The van der Waals surface area contributed by atoms with Crippen molar-refractivity contribution in [2.45, 2.75) is 45.8 Å². The molecule has 0 bridgehead atoms. The van der Waals surface area contributed by atoms with Crippen LogP contribution in [0.2, 0.25) is 0 Å². The minimum absolute atomic E-state index is 0.00202. The molecule has 1 unspecified atom stereocenters. The summed E-state index contributed by atoms with van der Waals surface area (Å²) >= 11 is 0. The number of hydrogen-bond acceptors (Lipinski definition) is 5. The lowest BCUT2D eigenvalue weighted by Crippen LogP contribution is -2.32.